The fourth-order valence-corrected chi connectivity index (χ4v) is 5.40. The van der Waals surface area contributed by atoms with Crippen molar-refractivity contribution in [1.82, 2.24) is 0 Å². The third kappa shape index (κ3) is 42.3. The van der Waals surface area contributed by atoms with Crippen molar-refractivity contribution in [3.05, 3.63) is 122 Å². The van der Waals surface area contributed by atoms with Gasteiger partial charge in [-0.25, -0.2) is 0 Å². The van der Waals surface area contributed by atoms with E-state index in [4.69, 9.17) is 18.5 Å². The summed E-state index contributed by atoms with van der Waals surface area (Å²) in [6.45, 7) is 3.59. The van der Waals surface area contributed by atoms with Crippen LogP contribution in [-0.2, 0) is 32.7 Å². The van der Waals surface area contributed by atoms with Gasteiger partial charge < -0.3 is 33.0 Å². The molecule has 0 heterocycles. The van der Waals surface area contributed by atoms with Crippen molar-refractivity contribution in [3.63, 3.8) is 0 Å². The van der Waals surface area contributed by atoms with Crippen molar-refractivity contribution in [3.8, 4) is 0 Å². The normalized spacial score (nSPS) is 15.3. The number of aliphatic hydroxyl groups excluding tert-OH is 1. The average Bonchev–Trinajstić information content (AvgIpc) is 3.19. The Labute approximate surface area is 357 Å². The van der Waals surface area contributed by atoms with Gasteiger partial charge in [0.15, 0.2) is 6.10 Å². The molecule has 0 aromatic carbocycles. The van der Waals surface area contributed by atoms with E-state index >= 15 is 0 Å². The van der Waals surface area contributed by atoms with E-state index in [1.54, 1.807) is 6.08 Å². The molecule has 0 aliphatic carbocycles. The first-order valence-corrected chi connectivity index (χ1v) is 22.8. The highest BCUT2D eigenvalue weighted by Crippen LogP contribution is 2.38. The van der Waals surface area contributed by atoms with Gasteiger partial charge in [0.2, 0.25) is 0 Å². The zero-order valence-electron chi connectivity index (χ0n) is 36.7. The Kier molecular flexibility index (Phi) is 36.2. The largest absolute Gasteiger partial charge is 0.756 e. The van der Waals surface area contributed by atoms with Gasteiger partial charge in [-0.1, -0.05) is 135 Å². The maximum atomic E-state index is 12.6. The summed E-state index contributed by atoms with van der Waals surface area (Å²) in [6, 6.07) is 0. The first-order valence-electron chi connectivity index (χ1n) is 21.4. The first kappa shape index (κ1) is 55.4. The first-order chi connectivity index (χ1) is 28.4. The number of allylic oxidation sites excluding steroid dienone is 19. The number of phosphoric acid groups is 1. The van der Waals surface area contributed by atoms with Gasteiger partial charge in [0.25, 0.3) is 7.82 Å². The summed E-state index contributed by atoms with van der Waals surface area (Å²) < 4.78 is 33.7. The molecule has 0 spiro atoms. The Morgan fingerprint density at radius 3 is 1.56 bits per heavy atom. The zero-order chi connectivity index (χ0) is 43.7. The molecule has 332 valence electrons. The lowest BCUT2D eigenvalue weighted by molar-refractivity contribution is -0.870. The molecule has 0 amide bonds. The van der Waals surface area contributed by atoms with E-state index in [1.165, 1.54) is 0 Å². The smallest absolute Gasteiger partial charge is 0.306 e. The number of hydrogen-bond acceptors (Lipinski definition) is 9. The van der Waals surface area contributed by atoms with Gasteiger partial charge >= 0.3 is 11.9 Å². The number of carbonyl (C=O) groups is 2. The predicted molar refractivity (Wildman–Crippen MR) is 241 cm³/mol. The van der Waals surface area contributed by atoms with Gasteiger partial charge in [-0.15, -0.1) is 0 Å². The minimum Gasteiger partial charge on any atom is -0.756 e. The van der Waals surface area contributed by atoms with Crippen LogP contribution in [0.4, 0.5) is 0 Å². The Balaban J connectivity index is 4.62. The quantitative estimate of drug-likeness (QED) is 0.0164. The lowest BCUT2D eigenvalue weighted by Crippen LogP contribution is -2.37. The summed E-state index contributed by atoms with van der Waals surface area (Å²) in [5.41, 5.74) is 0. The van der Waals surface area contributed by atoms with Crippen LogP contribution in [0.15, 0.2) is 122 Å². The molecule has 0 aliphatic heterocycles. The molecule has 3 atom stereocenters. The standard InChI is InChI=1S/C48H76NO9P/c1-6-8-9-10-11-12-13-14-15-16-17-21-24-27-30-33-36-39-47(51)55-43-46(44-57-59(53,54)56-42-41-49(3,4)5)58-48(52)40-37-34-31-28-25-22-19-18-20-23-26-29-32-35-38-45(50)7-2/h8-9,11-12,14-15,17,19-23,27-32,35,38,45-46,50H,6-7,10,13,16,18,24-26,33-34,36-37,39-44H2,1-5H3/b9-8-,12-11-,15-14-,21-17-,22-19-,23-20-,30-27-,31-28-,32-29-,38-35+/t45-,46-/m1/s1. The summed E-state index contributed by atoms with van der Waals surface area (Å²) in [4.78, 5) is 37.5. The van der Waals surface area contributed by atoms with Crippen molar-refractivity contribution < 1.29 is 47.2 Å². The Bertz CT molecular complexity index is 1430. The molecule has 0 saturated carbocycles. The SMILES string of the molecule is CC/C=C\C/C=C\C/C=C\C/C=C\C/C=C\CCCC(=O)OC[C@H](COP(=O)([O-])OCC[N+](C)(C)C)OC(=O)CCC/C=C\C/C=C\C/C=C\C/C=C\C=C\[C@H](O)CC. The van der Waals surface area contributed by atoms with Crippen molar-refractivity contribution >= 4 is 19.8 Å². The van der Waals surface area contributed by atoms with Gasteiger partial charge in [-0.3, -0.25) is 14.2 Å². The highest BCUT2D eigenvalue weighted by atomic mass is 31.2. The molecular weight excluding hydrogens is 765 g/mol. The van der Waals surface area contributed by atoms with Crippen LogP contribution in [0.1, 0.15) is 110 Å². The Morgan fingerprint density at radius 1 is 0.627 bits per heavy atom. The van der Waals surface area contributed by atoms with Gasteiger partial charge in [-0.2, -0.15) is 0 Å². The Morgan fingerprint density at radius 2 is 1.08 bits per heavy atom. The summed E-state index contributed by atoms with van der Waals surface area (Å²) >= 11 is 0. The number of carbonyl (C=O) groups excluding carboxylic acids is 2. The number of quaternary nitrogens is 1. The summed E-state index contributed by atoms with van der Waals surface area (Å²) in [5.74, 6) is -1.01. The van der Waals surface area contributed by atoms with Gasteiger partial charge in [0.05, 0.1) is 33.9 Å². The highest BCUT2D eigenvalue weighted by Gasteiger charge is 2.21. The number of aliphatic hydroxyl groups is 1. The van der Waals surface area contributed by atoms with E-state index in [0.717, 1.165) is 51.4 Å². The van der Waals surface area contributed by atoms with Crippen LogP contribution in [0.3, 0.4) is 0 Å². The molecule has 1 N–H and O–H groups in total. The highest BCUT2D eigenvalue weighted by molar-refractivity contribution is 7.45. The number of likely N-dealkylation sites (N-methyl/N-ethyl adjacent to an activating group) is 1. The molecule has 0 bridgehead atoms. The number of ether oxygens (including phenoxy) is 2. The van der Waals surface area contributed by atoms with Crippen molar-refractivity contribution in [1.29, 1.82) is 0 Å². The molecule has 0 rings (SSSR count). The lowest BCUT2D eigenvalue weighted by Gasteiger charge is -2.28. The number of phosphoric ester groups is 1. The number of rotatable bonds is 36. The second-order valence-corrected chi connectivity index (χ2v) is 16.2. The summed E-state index contributed by atoms with van der Waals surface area (Å²) in [6.07, 6.45) is 50.5. The van der Waals surface area contributed by atoms with Crippen LogP contribution >= 0.6 is 7.82 Å². The maximum absolute atomic E-state index is 12.6. The number of unbranched alkanes of at least 4 members (excludes halogenated alkanes) is 2. The maximum Gasteiger partial charge on any atom is 0.306 e. The van der Waals surface area contributed by atoms with Crippen molar-refractivity contribution in [2.45, 2.75) is 122 Å². The van der Waals surface area contributed by atoms with Gasteiger partial charge in [-0.05, 0) is 83.5 Å². The van der Waals surface area contributed by atoms with Gasteiger partial charge in [0.1, 0.15) is 19.8 Å². The zero-order valence-corrected chi connectivity index (χ0v) is 37.6. The Hall–Kier alpha value is -3.63. The number of nitrogens with zero attached hydrogens (tertiary/aromatic N) is 1. The minimum atomic E-state index is -4.67. The van der Waals surface area contributed by atoms with Crippen LogP contribution in [0.2, 0.25) is 0 Å². The van der Waals surface area contributed by atoms with Crippen LogP contribution in [0, 0.1) is 0 Å². The van der Waals surface area contributed by atoms with Crippen molar-refractivity contribution in [2.75, 3.05) is 47.5 Å². The fraction of sp³-hybridized carbons (Fsp3) is 0.542. The summed E-state index contributed by atoms with van der Waals surface area (Å²) in [7, 11) is 1.05. The van der Waals surface area contributed by atoms with Crippen molar-refractivity contribution in [2.24, 2.45) is 0 Å². The number of hydrogen-bond donors (Lipinski definition) is 1. The van der Waals surface area contributed by atoms with E-state index in [0.29, 0.717) is 43.1 Å². The molecule has 59 heavy (non-hydrogen) atoms. The average molecular weight is 842 g/mol. The number of esters is 2. The van der Waals surface area contributed by atoms with E-state index in [2.05, 4.69) is 85.9 Å². The van der Waals surface area contributed by atoms with Gasteiger partial charge in [0, 0.05) is 12.8 Å². The molecule has 0 aromatic heterocycles. The lowest BCUT2D eigenvalue weighted by atomic mass is 10.2. The van der Waals surface area contributed by atoms with Crippen LogP contribution in [-0.4, -0.2) is 81.2 Å². The molecule has 0 aromatic rings. The van der Waals surface area contributed by atoms with Crippen LogP contribution < -0.4 is 4.89 Å². The van der Waals surface area contributed by atoms with E-state index in [-0.39, 0.29) is 32.2 Å². The predicted octanol–water partition coefficient (Wildman–Crippen LogP) is 10.5. The summed E-state index contributed by atoms with van der Waals surface area (Å²) in [5, 5.41) is 9.48. The molecule has 11 heteroatoms. The molecule has 0 aliphatic rings. The topological polar surface area (TPSA) is 131 Å². The molecule has 1 unspecified atom stereocenters. The molecule has 0 fully saturated rings. The van der Waals surface area contributed by atoms with Crippen LogP contribution in [0.25, 0.3) is 0 Å². The molecule has 0 radical (unpaired) electrons. The fourth-order valence-electron chi connectivity index (χ4n) is 4.67. The van der Waals surface area contributed by atoms with E-state index in [9.17, 15) is 24.2 Å². The molecular formula is C48H76NO9P. The molecule has 0 saturated heterocycles. The van der Waals surface area contributed by atoms with E-state index in [1.807, 2.05) is 64.5 Å². The third-order valence-electron chi connectivity index (χ3n) is 8.13. The second kappa shape index (κ2) is 38.6. The minimum absolute atomic E-state index is 0.0647. The molecule has 10 nitrogen and oxygen atoms in total. The van der Waals surface area contributed by atoms with E-state index < -0.39 is 32.5 Å². The van der Waals surface area contributed by atoms with Crippen LogP contribution in [0.5, 0.6) is 0 Å². The second-order valence-electron chi connectivity index (χ2n) is 14.8. The third-order valence-corrected chi connectivity index (χ3v) is 9.10. The monoisotopic (exact) mass is 842 g/mol.